The summed E-state index contributed by atoms with van der Waals surface area (Å²) in [5, 5.41) is 0. The highest BCUT2D eigenvalue weighted by Crippen LogP contribution is 2.30. The second-order valence-electron chi connectivity index (χ2n) is 4.19. The molecule has 0 aliphatic carbocycles. The van der Waals surface area contributed by atoms with Crippen LogP contribution in [0.5, 0.6) is 17.2 Å². The van der Waals surface area contributed by atoms with Gasteiger partial charge in [-0.25, -0.2) is 0 Å². The first-order valence-electron chi connectivity index (χ1n) is 6.27. The lowest BCUT2D eigenvalue weighted by atomic mass is 10.1. The normalized spacial score (nSPS) is 11.9. The van der Waals surface area contributed by atoms with Gasteiger partial charge >= 0.3 is 0 Å². The number of nitrogens with zero attached hydrogens (tertiary/aromatic N) is 1. The molecule has 0 radical (unpaired) electrons. The lowest BCUT2D eigenvalue weighted by Gasteiger charge is -2.11. The fourth-order valence-corrected chi connectivity index (χ4v) is 1.71. The molecule has 4 nitrogen and oxygen atoms in total. The van der Waals surface area contributed by atoms with Crippen LogP contribution in [0.25, 0.3) is 0 Å². The molecule has 19 heavy (non-hydrogen) atoms. The van der Waals surface area contributed by atoms with Gasteiger partial charge in [0, 0.05) is 6.04 Å². The van der Waals surface area contributed by atoms with Crippen LogP contribution in [0, 0.1) is 0 Å². The minimum Gasteiger partial charge on any atom is -0.493 e. The maximum atomic E-state index is 5.92. The monoisotopic (exact) mass is 258 g/mol. The Bertz CT molecular complexity index is 526. The van der Waals surface area contributed by atoms with Crippen molar-refractivity contribution in [1.82, 2.24) is 4.98 Å². The van der Waals surface area contributed by atoms with Gasteiger partial charge in [0.15, 0.2) is 11.5 Å². The van der Waals surface area contributed by atoms with Crippen molar-refractivity contribution < 1.29 is 9.47 Å². The largest absolute Gasteiger partial charge is 0.493 e. The van der Waals surface area contributed by atoms with Crippen molar-refractivity contribution in [2.24, 2.45) is 5.73 Å². The second kappa shape index (κ2) is 6.20. The van der Waals surface area contributed by atoms with E-state index in [1.54, 1.807) is 13.3 Å². The Morgan fingerprint density at radius 1 is 1.16 bits per heavy atom. The van der Waals surface area contributed by atoms with Crippen molar-refractivity contribution in [2.75, 3.05) is 7.11 Å². The van der Waals surface area contributed by atoms with Crippen molar-refractivity contribution in [3.63, 3.8) is 0 Å². The average molecular weight is 258 g/mol. The highest BCUT2D eigenvalue weighted by molar-refractivity contribution is 5.42. The Labute approximate surface area is 113 Å². The Morgan fingerprint density at radius 3 is 2.47 bits per heavy atom. The van der Waals surface area contributed by atoms with Gasteiger partial charge in [-0.15, -0.1) is 0 Å². The van der Waals surface area contributed by atoms with Gasteiger partial charge in [0.05, 0.1) is 19.0 Å². The highest BCUT2D eigenvalue weighted by Gasteiger charge is 2.07. The molecule has 0 saturated heterocycles. The molecule has 1 aromatic heterocycles. The minimum atomic E-state index is -0.0275. The fourth-order valence-electron chi connectivity index (χ4n) is 1.71. The van der Waals surface area contributed by atoms with Crippen molar-refractivity contribution in [2.45, 2.75) is 19.4 Å². The van der Waals surface area contributed by atoms with E-state index in [1.165, 1.54) is 0 Å². The molecule has 0 amide bonds. The third-order valence-electron chi connectivity index (χ3n) is 2.88. The first kappa shape index (κ1) is 13.4. The number of methoxy groups -OCH3 is 1. The van der Waals surface area contributed by atoms with E-state index in [0.717, 1.165) is 12.1 Å². The van der Waals surface area contributed by atoms with E-state index in [2.05, 4.69) is 4.98 Å². The first-order chi connectivity index (χ1) is 9.24. The lowest BCUT2D eigenvalue weighted by Crippen LogP contribution is -2.10. The number of hydrogen-bond acceptors (Lipinski definition) is 4. The molecular formula is C15H18N2O2. The van der Waals surface area contributed by atoms with Crippen LogP contribution in [0.4, 0.5) is 0 Å². The van der Waals surface area contributed by atoms with Crippen molar-refractivity contribution >= 4 is 0 Å². The van der Waals surface area contributed by atoms with Gasteiger partial charge in [-0.3, -0.25) is 4.98 Å². The zero-order chi connectivity index (χ0) is 13.7. The average Bonchev–Trinajstić information content (AvgIpc) is 2.48. The molecule has 0 saturated carbocycles. The molecule has 1 atom stereocenters. The molecule has 0 bridgehead atoms. The maximum Gasteiger partial charge on any atom is 0.169 e. The molecule has 4 heteroatoms. The number of benzene rings is 1. The van der Waals surface area contributed by atoms with Crippen LogP contribution in [-0.4, -0.2) is 12.1 Å². The number of nitrogens with two attached hydrogens (primary N) is 1. The van der Waals surface area contributed by atoms with Crippen LogP contribution in [-0.2, 0) is 0 Å². The van der Waals surface area contributed by atoms with E-state index in [-0.39, 0.29) is 6.04 Å². The van der Waals surface area contributed by atoms with E-state index < -0.39 is 0 Å². The topological polar surface area (TPSA) is 57.4 Å². The number of ether oxygens (including phenoxy) is 2. The fraction of sp³-hybridized carbons (Fsp3) is 0.267. The quantitative estimate of drug-likeness (QED) is 0.894. The lowest BCUT2D eigenvalue weighted by molar-refractivity contribution is 0.378. The van der Waals surface area contributed by atoms with Gasteiger partial charge in [0.2, 0.25) is 0 Å². The predicted molar refractivity (Wildman–Crippen MR) is 74.5 cm³/mol. The van der Waals surface area contributed by atoms with Gasteiger partial charge in [0.1, 0.15) is 5.75 Å². The van der Waals surface area contributed by atoms with Crippen LogP contribution in [0.3, 0.4) is 0 Å². The summed E-state index contributed by atoms with van der Waals surface area (Å²) < 4.78 is 11.0. The molecule has 2 N–H and O–H groups in total. The molecule has 100 valence electrons. The van der Waals surface area contributed by atoms with Crippen molar-refractivity contribution in [1.29, 1.82) is 0 Å². The maximum absolute atomic E-state index is 5.92. The van der Waals surface area contributed by atoms with E-state index in [0.29, 0.717) is 17.2 Å². The zero-order valence-corrected chi connectivity index (χ0v) is 11.2. The van der Waals surface area contributed by atoms with Gasteiger partial charge < -0.3 is 15.2 Å². The van der Waals surface area contributed by atoms with Crippen LogP contribution in [0.15, 0.2) is 42.6 Å². The van der Waals surface area contributed by atoms with Crippen LogP contribution in [0.2, 0.25) is 0 Å². The summed E-state index contributed by atoms with van der Waals surface area (Å²) in [4.78, 5) is 4.31. The van der Waals surface area contributed by atoms with E-state index in [9.17, 15) is 0 Å². The standard InChI is InChI=1S/C15H18N2O2/c1-3-12(16)13-9-8-11(10-17-13)19-15-7-5-4-6-14(15)18-2/h4-10,12H,3,16H2,1-2H3/t12-/m0/s1. The summed E-state index contributed by atoms with van der Waals surface area (Å²) in [6, 6.07) is 11.2. The molecule has 0 fully saturated rings. The third-order valence-corrected chi connectivity index (χ3v) is 2.88. The first-order valence-corrected chi connectivity index (χ1v) is 6.27. The van der Waals surface area contributed by atoms with Crippen LogP contribution in [0.1, 0.15) is 25.1 Å². The Kier molecular flexibility index (Phi) is 4.36. The van der Waals surface area contributed by atoms with Gasteiger partial charge in [-0.05, 0) is 30.7 Å². The molecule has 0 unspecified atom stereocenters. The Morgan fingerprint density at radius 2 is 1.89 bits per heavy atom. The Balaban J connectivity index is 2.15. The van der Waals surface area contributed by atoms with E-state index >= 15 is 0 Å². The van der Waals surface area contributed by atoms with E-state index in [4.69, 9.17) is 15.2 Å². The molecule has 1 heterocycles. The predicted octanol–water partition coefficient (Wildman–Crippen LogP) is 3.29. The van der Waals surface area contributed by atoms with Crippen molar-refractivity contribution in [3.05, 3.63) is 48.3 Å². The molecule has 0 aliphatic heterocycles. The number of aromatic nitrogens is 1. The number of pyridine rings is 1. The third kappa shape index (κ3) is 3.23. The van der Waals surface area contributed by atoms with Crippen LogP contribution < -0.4 is 15.2 Å². The zero-order valence-electron chi connectivity index (χ0n) is 11.2. The van der Waals surface area contributed by atoms with Crippen LogP contribution >= 0.6 is 0 Å². The minimum absolute atomic E-state index is 0.0275. The van der Waals surface area contributed by atoms with Gasteiger partial charge in [-0.2, -0.15) is 0 Å². The van der Waals surface area contributed by atoms with Gasteiger partial charge in [-0.1, -0.05) is 19.1 Å². The number of para-hydroxylation sites is 2. The van der Waals surface area contributed by atoms with Gasteiger partial charge in [0.25, 0.3) is 0 Å². The summed E-state index contributed by atoms with van der Waals surface area (Å²) in [6.45, 7) is 2.03. The molecule has 0 aliphatic rings. The van der Waals surface area contributed by atoms with E-state index in [1.807, 2.05) is 43.3 Å². The molecule has 0 spiro atoms. The number of rotatable bonds is 5. The summed E-state index contributed by atoms with van der Waals surface area (Å²) in [5.74, 6) is 2.02. The number of hydrogen-bond donors (Lipinski definition) is 1. The highest BCUT2D eigenvalue weighted by atomic mass is 16.5. The Hall–Kier alpha value is -2.07. The smallest absolute Gasteiger partial charge is 0.169 e. The summed E-state index contributed by atoms with van der Waals surface area (Å²) in [7, 11) is 1.61. The summed E-state index contributed by atoms with van der Waals surface area (Å²) in [5.41, 5.74) is 6.79. The molecule has 1 aromatic carbocycles. The SMILES string of the molecule is CC[C@H](N)c1ccc(Oc2ccccc2OC)cn1. The summed E-state index contributed by atoms with van der Waals surface area (Å²) >= 11 is 0. The van der Waals surface area contributed by atoms with Crippen molar-refractivity contribution in [3.8, 4) is 17.2 Å². The molecular weight excluding hydrogens is 240 g/mol. The molecule has 2 rings (SSSR count). The summed E-state index contributed by atoms with van der Waals surface area (Å²) in [6.07, 6.45) is 2.54. The second-order valence-corrected chi connectivity index (χ2v) is 4.19. The molecule has 2 aromatic rings.